The topological polar surface area (TPSA) is 200 Å². The lowest BCUT2D eigenvalue weighted by atomic mass is 10.0. The van der Waals surface area contributed by atoms with Gasteiger partial charge in [0.25, 0.3) is 0 Å². The van der Waals surface area contributed by atoms with Crippen LogP contribution in [0.1, 0.15) is 55.4 Å². The van der Waals surface area contributed by atoms with Crippen molar-refractivity contribution in [2.24, 2.45) is 0 Å². The fourth-order valence-electron chi connectivity index (χ4n) is 8.14. The van der Waals surface area contributed by atoms with E-state index >= 15 is 0 Å². The Morgan fingerprint density at radius 2 is 0.857 bits per heavy atom. The molecule has 13 nitrogen and oxygen atoms in total. The fourth-order valence-corrected chi connectivity index (χ4v) is 8.95. The van der Waals surface area contributed by atoms with Crippen molar-refractivity contribution >= 4 is 109 Å². The lowest BCUT2D eigenvalue weighted by Crippen LogP contribution is -2.04. The lowest BCUT2D eigenvalue weighted by Gasteiger charge is -2.12. The summed E-state index contributed by atoms with van der Waals surface area (Å²) in [5.74, 6) is -2.53. The first-order chi connectivity index (χ1) is 37.3. The molecule has 10 aromatic rings. The zero-order chi connectivity index (χ0) is 54.0. The monoisotopic (exact) mass is 1100 g/mol. The number of hydrogen-bond acceptors (Lipinski definition) is 10. The van der Waals surface area contributed by atoms with E-state index in [4.69, 9.17) is 46.4 Å². The Morgan fingerprint density at radius 3 is 1.29 bits per heavy atom. The summed E-state index contributed by atoms with van der Waals surface area (Å²) in [6.45, 7) is 0. The number of fused-ring (bicyclic) bond motifs is 1. The highest BCUT2D eigenvalue weighted by Crippen LogP contribution is 2.41. The third-order valence-electron chi connectivity index (χ3n) is 12.1. The molecule has 11 rings (SSSR count). The summed E-state index contributed by atoms with van der Waals surface area (Å²) < 4.78 is 0. The molecule has 0 bridgehead atoms. The Kier molecular flexibility index (Phi) is 16.7. The molecule has 0 amide bonds. The number of carboxylic acid groups (broad SMARTS) is 3. The molecule has 17 heteroatoms. The Labute approximate surface area is 461 Å². The minimum Gasteiger partial charge on any atom is -0.478 e. The summed E-state index contributed by atoms with van der Waals surface area (Å²) in [5, 5.41) is 40.4. The number of rotatable bonds is 13. The van der Waals surface area contributed by atoms with Gasteiger partial charge in [0.2, 0.25) is 0 Å². The van der Waals surface area contributed by atoms with Gasteiger partial charge in [0, 0.05) is 48.4 Å². The van der Waals surface area contributed by atoms with Gasteiger partial charge in [0.1, 0.15) is 0 Å². The van der Waals surface area contributed by atoms with Crippen molar-refractivity contribution in [1.29, 1.82) is 0 Å². The standard InChI is InChI=1S/C21H14ClN3O2.C21H17ClN2O2.C18H12Cl2N2O2/c22-13-6-8-20(17(11-13)21(26)27)25-14-7-9-19(24-12-14)15-3-1-5-18-16(15)4-2-10-23-18;22-18-4-2-1-3-16(18)19-10-8-15(12-23-19)24-20-9-7-14(13-5-6-13)11-17(20)21(25)26;19-11-5-7-17(14(9-11)18(23)24)22-12-6-8-16(21-10-12)13-3-1-2-4-15(13)20/h1-12,25H,(H,26,27);1-4,7-13,24H,5-6H2,(H,25,26);1-10,22H,(H,23,24). The molecule has 0 saturated heterocycles. The van der Waals surface area contributed by atoms with Crippen molar-refractivity contribution in [3.8, 4) is 33.8 Å². The van der Waals surface area contributed by atoms with E-state index in [9.17, 15) is 29.7 Å². The van der Waals surface area contributed by atoms with E-state index in [1.807, 2.05) is 121 Å². The van der Waals surface area contributed by atoms with Crippen LogP contribution in [0.25, 0.3) is 44.7 Å². The van der Waals surface area contributed by atoms with Gasteiger partial charge in [-0.2, -0.15) is 0 Å². The van der Waals surface area contributed by atoms with Gasteiger partial charge in [0.15, 0.2) is 0 Å². The van der Waals surface area contributed by atoms with Crippen molar-refractivity contribution in [3.05, 3.63) is 237 Å². The normalized spacial score (nSPS) is 11.5. The highest BCUT2D eigenvalue weighted by atomic mass is 35.5. The predicted octanol–water partition coefficient (Wildman–Crippen LogP) is 16.6. The molecule has 1 fully saturated rings. The summed E-state index contributed by atoms with van der Waals surface area (Å²) in [6.07, 6.45) is 9.01. The smallest absolute Gasteiger partial charge is 0.337 e. The lowest BCUT2D eigenvalue weighted by molar-refractivity contribution is 0.0687. The van der Waals surface area contributed by atoms with Crippen LogP contribution in [0.2, 0.25) is 20.1 Å². The van der Waals surface area contributed by atoms with Gasteiger partial charge in [0.05, 0.1) is 92.0 Å². The van der Waals surface area contributed by atoms with Crippen molar-refractivity contribution in [2.75, 3.05) is 16.0 Å². The molecule has 6 N–H and O–H groups in total. The van der Waals surface area contributed by atoms with Crippen LogP contribution in [0.5, 0.6) is 0 Å². The molecule has 4 heterocycles. The van der Waals surface area contributed by atoms with E-state index in [0.29, 0.717) is 54.4 Å². The average Bonchev–Trinajstić information content (AvgIpc) is 4.30. The first-order valence-electron chi connectivity index (χ1n) is 23.7. The zero-order valence-electron chi connectivity index (χ0n) is 40.3. The molecule has 0 radical (unpaired) electrons. The maximum absolute atomic E-state index is 11.6. The molecule has 0 atom stereocenters. The number of anilines is 6. The number of benzene rings is 6. The largest absolute Gasteiger partial charge is 0.478 e. The van der Waals surface area contributed by atoms with Gasteiger partial charge in [-0.25, -0.2) is 14.4 Å². The number of carbonyl (C=O) groups is 3. The van der Waals surface area contributed by atoms with Crippen LogP contribution < -0.4 is 16.0 Å². The maximum Gasteiger partial charge on any atom is 0.337 e. The number of aromatic nitrogens is 4. The van der Waals surface area contributed by atoms with E-state index < -0.39 is 17.9 Å². The Bertz CT molecular complexity index is 3780. The predicted molar refractivity (Wildman–Crippen MR) is 306 cm³/mol. The molecule has 4 aromatic heterocycles. The first-order valence-corrected chi connectivity index (χ1v) is 25.2. The quantitative estimate of drug-likeness (QED) is 0.0638. The van der Waals surface area contributed by atoms with Gasteiger partial charge in [-0.1, -0.05) is 107 Å². The minimum atomic E-state index is -1.05. The number of aromatic carboxylic acids is 3. The van der Waals surface area contributed by atoms with Crippen molar-refractivity contribution in [3.63, 3.8) is 0 Å². The van der Waals surface area contributed by atoms with Crippen molar-refractivity contribution in [2.45, 2.75) is 18.8 Å². The van der Waals surface area contributed by atoms with Gasteiger partial charge < -0.3 is 31.3 Å². The molecule has 6 aromatic carbocycles. The number of hydrogen-bond donors (Lipinski definition) is 6. The van der Waals surface area contributed by atoms with Gasteiger partial charge in [-0.3, -0.25) is 19.9 Å². The number of halogens is 4. The summed E-state index contributed by atoms with van der Waals surface area (Å²) in [6, 6.07) is 50.8. The molecule has 77 heavy (non-hydrogen) atoms. The number of nitrogens with one attached hydrogen (secondary N) is 3. The second-order valence-corrected chi connectivity index (χ2v) is 19.1. The van der Waals surface area contributed by atoms with Crippen LogP contribution in [-0.2, 0) is 0 Å². The van der Waals surface area contributed by atoms with E-state index in [1.54, 1.807) is 61.2 Å². The van der Waals surface area contributed by atoms with Crippen molar-refractivity contribution in [1.82, 2.24) is 19.9 Å². The highest BCUT2D eigenvalue weighted by molar-refractivity contribution is 6.33. The molecule has 0 spiro atoms. The summed E-state index contributed by atoms with van der Waals surface area (Å²) >= 11 is 24.1. The van der Waals surface area contributed by atoms with Crippen LogP contribution >= 0.6 is 46.4 Å². The molecule has 1 aliphatic carbocycles. The van der Waals surface area contributed by atoms with Crippen molar-refractivity contribution < 1.29 is 29.7 Å². The number of carboxylic acids is 3. The third kappa shape index (κ3) is 13.3. The van der Waals surface area contributed by atoms with E-state index in [0.717, 1.165) is 68.8 Å². The molecular weight excluding hydrogens is 1060 g/mol. The Hall–Kier alpha value is -8.85. The SMILES string of the molecule is O=C(O)c1cc(C2CC2)ccc1Nc1ccc(-c2ccccc2Cl)nc1.O=C(O)c1cc(Cl)ccc1Nc1ccc(-c2cccc3ncccc23)nc1.O=C(O)c1cc(Cl)ccc1Nc1ccc(-c2ccccc2Cl)nc1. The fraction of sp³-hybridized carbons (Fsp3) is 0.0500. The molecular formula is C60H43Cl4N7O6. The average molecular weight is 1100 g/mol. The number of pyridine rings is 4. The van der Waals surface area contributed by atoms with Gasteiger partial charge in [-0.05, 0) is 134 Å². The minimum absolute atomic E-state index is 0.0951. The maximum atomic E-state index is 11.6. The molecule has 0 unspecified atom stereocenters. The second kappa shape index (κ2) is 24.2. The van der Waals surface area contributed by atoms with E-state index in [2.05, 4.69) is 35.9 Å². The summed E-state index contributed by atoms with van der Waals surface area (Å²) in [7, 11) is 0. The molecule has 382 valence electrons. The van der Waals surface area contributed by atoms with Gasteiger partial charge >= 0.3 is 17.9 Å². The van der Waals surface area contributed by atoms with Crippen LogP contribution in [0, 0.1) is 0 Å². The Balaban J connectivity index is 0.000000141. The van der Waals surface area contributed by atoms with Gasteiger partial charge in [-0.15, -0.1) is 0 Å². The molecule has 1 aliphatic rings. The second-order valence-electron chi connectivity index (χ2n) is 17.4. The molecule has 1 saturated carbocycles. The summed E-state index contributed by atoms with van der Waals surface area (Å²) in [5.41, 5.74) is 11.0. The zero-order valence-corrected chi connectivity index (χ0v) is 43.4. The van der Waals surface area contributed by atoms with Crippen LogP contribution in [0.4, 0.5) is 34.1 Å². The summed E-state index contributed by atoms with van der Waals surface area (Å²) in [4.78, 5) is 52.0. The number of nitrogens with zero attached hydrogens (tertiary/aromatic N) is 4. The highest BCUT2D eigenvalue weighted by Gasteiger charge is 2.25. The van der Waals surface area contributed by atoms with E-state index in [-0.39, 0.29) is 16.7 Å². The van der Waals surface area contributed by atoms with Crippen LogP contribution in [-0.4, -0.2) is 53.2 Å². The molecule has 0 aliphatic heterocycles. The first kappa shape index (κ1) is 53.0. The van der Waals surface area contributed by atoms with Crippen LogP contribution in [0.15, 0.2) is 195 Å². The third-order valence-corrected chi connectivity index (χ3v) is 13.2. The van der Waals surface area contributed by atoms with Crippen LogP contribution in [0.3, 0.4) is 0 Å². The van der Waals surface area contributed by atoms with E-state index in [1.165, 1.54) is 12.1 Å². The Morgan fingerprint density at radius 1 is 0.429 bits per heavy atom.